The molecule has 1 amide bonds. The fraction of sp³-hybridized carbons (Fsp3) is 0.467. The highest BCUT2D eigenvalue weighted by molar-refractivity contribution is 7.80. The molecule has 1 aromatic carbocycles. The molecule has 0 aliphatic carbocycles. The lowest BCUT2D eigenvalue weighted by Crippen LogP contribution is -2.34. The van der Waals surface area contributed by atoms with Gasteiger partial charge in [0.2, 0.25) is 5.91 Å². The largest absolute Gasteiger partial charge is 0.389 e. The molecular formula is C15H21N3O2S. The average Bonchev–Trinajstić information content (AvgIpc) is 2.99. The first-order valence-electron chi connectivity index (χ1n) is 7.04. The molecule has 1 aliphatic heterocycles. The topological polar surface area (TPSA) is 67.6 Å². The van der Waals surface area contributed by atoms with Crippen LogP contribution in [0.15, 0.2) is 24.3 Å². The number of rotatable bonds is 6. The summed E-state index contributed by atoms with van der Waals surface area (Å²) in [5.41, 5.74) is 7.09. The number of hydrogen-bond donors (Lipinski definition) is 2. The van der Waals surface area contributed by atoms with Crippen LogP contribution in [0.4, 0.5) is 5.69 Å². The Kier molecular flexibility index (Phi) is 5.67. The molecule has 1 unspecified atom stereocenters. The molecule has 1 aromatic rings. The van der Waals surface area contributed by atoms with Crippen LogP contribution in [-0.4, -0.2) is 48.6 Å². The van der Waals surface area contributed by atoms with Gasteiger partial charge in [0.1, 0.15) is 4.99 Å². The predicted octanol–water partition coefficient (Wildman–Crippen LogP) is 1.37. The third-order valence-corrected chi connectivity index (χ3v) is 3.91. The van der Waals surface area contributed by atoms with E-state index in [1.165, 1.54) is 0 Å². The van der Waals surface area contributed by atoms with Crippen molar-refractivity contribution < 1.29 is 9.53 Å². The van der Waals surface area contributed by atoms with Gasteiger partial charge in [0.15, 0.2) is 0 Å². The van der Waals surface area contributed by atoms with Gasteiger partial charge in [0, 0.05) is 36.9 Å². The first-order valence-corrected chi connectivity index (χ1v) is 7.45. The molecule has 1 fully saturated rings. The third-order valence-electron chi connectivity index (χ3n) is 3.67. The van der Waals surface area contributed by atoms with Crippen LogP contribution in [0.2, 0.25) is 0 Å². The van der Waals surface area contributed by atoms with Gasteiger partial charge in [-0.1, -0.05) is 12.2 Å². The maximum Gasteiger partial charge on any atom is 0.225 e. The summed E-state index contributed by atoms with van der Waals surface area (Å²) in [7, 11) is 2.03. The first kappa shape index (κ1) is 15.9. The molecule has 21 heavy (non-hydrogen) atoms. The maximum absolute atomic E-state index is 11.9. The molecule has 3 N–H and O–H groups in total. The Balaban J connectivity index is 1.77. The number of ether oxygens (including phenoxy) is 1. The second kappa shape index (κ2) is 7.49. The number of anilines is 1. The van der Waals surface area contributed by atoms with E-state index < -0.39 is 0 Å². The van der Waals surface area contributed by atoms with Crippen LogP contribution < -0.4 is 11.1 Å². The second-order valence-corrected chi connectivity index (χ2v) is 5.68. The van der Waals surface area contributed by atoms with Gasteiger partial charge in [-0.05, 0) is 37.7 Å². The molecule has 1 atom stereocenters. The summed E-state index contributed by atoms with van der Waals surface area (Å²) in [6.45, 7) is 2.31. The van der Waals surface area contributed by atoms with Gasteiger partial charge in [-0.3, -0.25) is 4.79 Å². The second-order valence-electron chi connectivity index (χ2n) is 5.24. The van der Waals surface area contributed by atoms with Crippen LogP contribution in [0.1, 0.15) is 18.4 Å². The summed E-state index contributed by atoms with van der Waals surface area (Å²) >= 11 is 4.89. The lowest BCUT2D eigenvalue weighted by molar-refractivity contribution is -0.116. The van der Waals surface area contributed by atoms with Crippen molar-refractivity contribution in [2.75, 3.05) is 32.1 Å². The van der Waals surface area contributed by atoms with Crippen molar-refractivity contribution in [1.82, 2.24) is 4.90 Å². The number of nitrogens with zero attached hydrogens (tertiary/aromatic N) is 1. The summed E-state index contributed by atoms with van der Waals surface area (Å²) in [5.74, 6) is 0.00356. The molecule has 0 aromatic heterocycles. The number of amides is 1. The molecule has 2 rings (SSSR count). The summed E-state index contributed by atoms with van der Waals surface area (Å²) in [5, 5.41) is 2.87. The van der Waals surface area contributed by atoms with Crippen LogP contribution in [0.5, 0.6) is 0 Å². The number of nitrogens with two attached hydrogens (primary N) is 1. The van der Waals surface area contributed by atoms with Gasteiger partial charge in [0.05, 0.1) is 6.61 Å². The Labute approximate surface area is 130 Å². The normalized spacial score (nSPS) is 17.9. The van der Waals surface area contributed by atoms with Gasteiger partial charge in [-0.15, -0.1) is 0 Å². The van der Waals surface area contributed by atoms with Gasteiger partial charge in [0.25, 0.3) is 0 Å². The molecule has 0 saturated carbocycles. The molecular weight excluding hydrogens is 286 g/mol. The van der Waals surface area contributed by atoms with E-state index in [9.17, 15) is 4.79 Å². The molecule has 0 radical (unpaired) electrons. The van der Waals surface area contributed by atoms with E-state index in [1.54, 1.807) is 24.3 Å². The van der Waals surface area contributed by atoms with Crippen molar-refractivity contribution in [2.45, 2.75) is 18.9 Å². The van der Waals surface area contributed by atoms with Crippen molar-refractivity contribution in [3.8, 4) is 0 Å². The number of hydrogen-bond acceptors (Lipinski definition) is 4. The Hall–Kier alpha value is -1.50. The minimum Gasteiger partial charge on any atom is -0.389 e. The fourth-order valence-electron chi connectivity index (χ4n) is 2.27. The van der Waals surface area contributed by atoms with Crippen molar-refractivity contribution in [2.24, 2.45) is 5.73 Å². The highest BCUT2D eigenvalue weighted by atomic mass is 32.1. The number of nitrogens with one attached hydrogen (secondary N) is 1. The van der Waals surface area contributed by atoms with Gasteiger partial charge in [-0.25, -0.2) is 0 Å². The zero-order valence-corrected chi connectivity index (χ0v) is 13.0. The fourth-order valence-corrected chi connectivity index (χ4v) is 2.41. The van der Waals surface area contributed by atoms with Crippen molar-refractivity contribution in [1.29, 1.82) is 0 Å². The van der Waals surface area contributed by atoms with Crippen LogP contribution >= 0.6 is 12.2 Å². The summed E-state index contributed by atoms with van der Waals surface area (Å²) in [6, 6.07) is 7.66. The van der Waals surface area contributed by atoms with E-state index in [-0.39, 0.29) is 5.91 Å². The van der Waals surface area contributed by atoms with Gasteiger partial charge in [-0.2, -0.15) is 0 Å². The molecule has 114 valence electrons. The SMILES string of the molecule is CN(CCC(=O)Nc1ccc(C(N)=S)cc1)C1CCOC1. The minimum absolute atomic E-state index is 0.00356. The quantitative estimate of drug-likeness (QED) is 0.777. The van der Waals surface area contributed by atoms with E-state index in [2.05, 4.69) is 10.2 Å². The van der Waals surface area contributed by atoms with E-state index in [0.29, 0.717) is 17.5 Å². The molecule has 5 nitrogen and oxygen atoms in total. The van der Waals surface area contributed by atoms with Crippen LogP contribution in [-0.2, 0) is 9.53 Å². The highest BCUT2D eigenvalue weighted by Gasteiger charge is 2.20. The van der Waals surface area contributed by atoms with Crippen LogP contribution in [0.3, 0.4) is 0 Å². The zero-order chi connectivity index (χ0) is 15.2. The Bertz CT molecular complexity index is 498. The van der Waals surface area contributed by atoms with Gasteiger partial charge < -0.3 is 20.7 Å². The summed E-state index contributed by atoms with van der Waals surface area (Å²) < 4.78 is 5.35. The average molecular weight is 307 g/mol. The number of thiocarbonyl (C=S) groups is 1. The monoisotopic (exact) mass is 307 g/mol. The summed E-state index contributed by atoms with van der Waals surface area (Å²) in [6.07, 6.45) is 1.50. The lowest BCUT2D eigenvalue weighted by atomic mass is 10.2. The predicted molar refractivity (Wildman–Crippen MR) is 87.4 cm³/mol. The minimum atomic E-state index is 0.00356. The summed E-state index contributed by atoms with van der Waals surface area (Å²) in [4.78, 5) is 14.5. The molecule has 1 heterocycles. The smallest absolute Gasteiger partial charge is 0.225 e. The molecule has 1 saturated heterocycles. The highest BCUT2D eigenvalue weighted by Crippen LogP contribution is 2.12. The Morgan fingerprint density at radius 2 is 2.19 bits per heavy atom. The van der Waals surface area contributed by atoms with E-state index >= 15 is 0 Å². The molecule has 6 heteroatoms. The first-order chi connectivity index (χ1) is 10.1. The number of carbonyl (C=O) groups excluding carboxylic acids is 1. The van der Waals surface area contributed by atoms with Crippen LogP contribution in [0, 0.1) is 0 Å². The Morgan fingerprint density at radius 3 is 2.76 bits per heavy atom. The Morgan fingerprint density at radius 1 is 1.48 bits per heavy atom. The standard InChI is InChI=1S/C15H21N3O2S/c1-18(13-7-9-20-10-13)8-6-14(19)17-12-4-2-11(3-5-12)15(16)21/h2-5,13H,6-10H2,1H3,(H2,16,21)(H,17,19). The third kappa shape index (κ3) is 4.77. The molecule has 0 bridgehead atoms. The van der Waals surface area contributed by atoms with Crippen molar-refractivity contribution >= 4 is 28.8 Å². The van der Waals surface area contributed by atoms with Crippen molar-refractivity contribution in [3.63, 3.8) is 0 Å². The molecule has 0 spiro atoms. The number of carbonyl (C=O) groups is 1. The van der Waals surface area contributed by atoms with Crippen molar-refractivity contribution in [3.05, 3.63) is 29.8 Å². The maximum atomic E-state index is 11.9. The molecule has 1 aliphatic rings. The van der Waals surface area contributed by atoms with Crippen LogP contribution in [0.25, 0.3) is 0 Å². The van der Waals surface area contributed by atoms with E-state index in [4.69, 9.17) is 22.7 Å². The number of benzene rings is 1. The van der Waals surface area contributed by atoms with Gasteiger partial charge >= 0.3 is 0 Å². The zero-order valence-electron chi connectivity index (χ0n) is 12.2. The number of likely N-dealkylation sites (N-methyl/N-ethyl adjacent to an activating group) is 1. The van der Waals surface area contributed by atoms with E-state index in [1.807, 2.05) is 7.05 Å². The van der Waals surface area contributed by atoms with E-state index in [0.717, 1.165) is 37.4 Å². The lowest BCUT2D eigenvalue weighted by Gasteiger charge is -2.22.